The molecule has 2 aliphatic rings. The number of Topliss-reactive ketones (excluding diaryl/α,β-unsaturated/α-hetero) is 1. The van der Waals surface area contributed by atoms with E-state index in [0.29, 0.717) is 12.3 Å². The number of pyridine rings is 1. The third-order valence-corrected chi connectivity index (χ3v) is 7.35. The molecule has 8 nitrogen and oxygen atoms in total. The molecule has 0 spiro atoms. The number of cyclic esters (lactones) is 1. The van der Waals surface area contributed by atoms with Crippen LogP contribution in [-0.2, 0) is 19.1 Å². The van der Waals surface area contributed by atoms with Gasteiger partial charge in [0.15, 0.2) is 17.2 Å². The molecule has 0 bridgehead atoms. The van der Waals surface area contributed by atoms with Crippen molar-refractivity contribution in [2.45, 2.75) is 90.3 Å². The Bertz CT molecular complexity index is 880. The number of hydrogen-bond acceptors (Lipinski definition) is 8. The van der Waals surface area contributed by atoms with Gasteiger partial charge in [0.05, 0.1) is 19.1 Å². The lowest BCUT2D eigenvalue weighted by Crippen LogP contribution is -2.39. The van der Waals surface area contributed by atoms with Gasteiger partial charge in [0, 0.05) is 32.7 Å². The third kappa shape index (κ3) is 7.26. The Morgan fingerprint density at radius 3 is 2.43 bits per heavy atom. The highest BCUT2D eigenvalue weighted by molar-refractivity contribution is 6.00. The summed E-state index contributed by atoms with van der Waals surface area (Å²) in [4.78, 5) is 42.0. The van der Waals surface area contributed by atoms with Crippen LogP contribution >= 0.6 is 0 Å². The van der Waals surface area contributed by atoms with Crippen molar-refractivity contribution in [3.05, 3.63) is 18.0 Å². The summed E-state index contributed by atoms with van der Waals surface area (Å²) in [5.74, 6) is -0.685. The van der Waals surface area contributed by atoms with Crippen molar-refractivity contribution in [3.63, 3.8) is 0 Å². The number of rotatable bonds is 8. The van der Waals surface area contributed by atoms with E-state index in [1.54, 1.807) is 7.11 Å². The number of nitrogens with zero attached hydrogens (tertiary/aromatic N) is 1. The predicted molar refractivity (Wildman–Crippen MR) is 129 cm³/mol. The molecular formula is C27H39NO7. The Kier molecular flexibility index (Phi) is 10.1. The van der Waals surface area contributed by atoms with Crippen molar-refractivity contribution in [2.75, 3.05) is 14.2 Å². The summed E-state index contributed by atoms with van der Waals surface area (Å²) >= 11 is 0. The largest absolute Gasteiger partial charge is 0.493 e. The molecule has 8 heteroatoms. The zero-order chi connectivity index (χ0) is 25.4. The van der Waals surface area contributed by atoms with Crippen LogP contribution in [0.15, 0.2) is 12.3 Å². The summed E-state index contributed by atoms with van der Waals surface area (Å²) in [5.41, 5.74) is -0.0242. The van der Waals surface area contributed by atoms with Crippen LogP contribution < -0.4 is 9.47 Å². The van der Waals surface area contributed by atoms with Gasteiger partial charge in [-0.05, 0) is 38.0 Å². The fourth-order valence-electron chi connectivity index (χ4n) is 5.66. The van der Waals surface area contributed by atoms with E-state index in [-0.39, 0.29) is 29.7 Å². The number of carbonyl (C=O) groups is 3. The minimum absolute atomic E-state index is 0.0242. The van der Waals surface area contributed by atoms with Crippen molar-refractivity contribution in [1.82, 2.24) is 4.98 Å². The molecule has 0 amide bonds. The van der Waals surface area contributed by atoms with E-state index in [0.717, 1.165) is 31.6 Å². The monoisotopic (exact) mass is 489 g/mol. The summed E-state index contributed by atoms with van der Waals surface area (Å²) in [6.07, 6.45) is 10.4. The molecule has 0 aromatic carbocycles. The van der Waals surface area contributed by atoms with Crippen LogP contribution in [0.3, 0.4) is 0 Å². The normalized spacial score (nSPS) is 26.1. The Morgan fingerprint density at radius 1 is 1.09 bits per heavy atom. The molecule has 4 atom stereocenters. The molecule has 0 radical (unpaired) electrons. The first-order chi connectivity index (χ1) is 16.8. The fourth-order valence-corrected chi connectivity index (χ4v) is 5.66. The van der Waals surface area contributed by atoms with E-state index in [4.69, 9.17) is 18.9 Å². The zero-order valence-electron chi connectivity index (χ0n) is 21.4. The second-order valence-electron chi connectivity index (χ2n) is 9.88. The number of carbonyl (C=O) groups excluding carboxylic acids is 3. The first-order valence-corrected chi connectivity index (χ1v) is 12.8. The van der Waals surface area contributed by atoms with E-state index in [1.165, 1.54) is 52.0 Å². The first kappa shape index (κ1) is 27.1. The molecule has 35 heavy (non-hydrogen) atoms. The van der Waals surface area contributed by atoms with Gasteiger partial charge in [0.25, 0.3) is 0 Å². The quantitative estimate of drug-likeness (QED) is 0.375. The Balaban J connectivity index is 1.73. The van der Waals surface area contributed by atoms with Crippen LogP contribution in [0.25, 0.3) is 0 Å². The molecule has 1 saturated carbocycles. The molecule has 1 aliphatic carbocycles. The highest BCUT2D eigenvalue weighted by Gasteiger charge is 2.35. The number of methoxy groups -OCH3 is 2. The smallest absolute Gasteiger partial charge is 0.309 e. The molecule has 3 rings (SSSR count). The summed E-state index contributed by atoms with van der Waals surface area (Å²) < 4.78 is 22.2. The Morgan fingerprint density at radius 2 is 1.77 bits per heavy atom. The Hall–Kier alpha value is -2.48. The van der Waals surface area contributed by atoms with Crippen LogP contribution in [0.2, 0.25) is 0 Å². The molecule has 1 aliphatic heterocycles. The lowest BCUT2D eigenvalue weighted by molar-refractivity contribution is -0.164. The molecule has 0 unspecified atom stereocenters. The minimum atomic E-state index is -0.605. The van der Waals surface area contributed by atoms with Crippen molar-refractivity contribution < 1.29 is 33.3 Å². The van der Waals surface area contributed by atoms with Gasteiger partial charge < -0.3 is 18.9 Å². The molecule has 1 saturated heterocycles. The van der Waals surface area contributed by atoms with Crippen LogP contribution in [0.4, 0.5) is 0 Å². The van der Waals surface area contributed by atoms with Gasteiger partial charge in [0.2, 0.25) is 5.75 Å². The number of aromatic nitrogens is 1. The topological polar surface area (TPSA) is 101 Å². The van der Waals surface area contributed by atoms with Gasteiger partial charge in [-0.3, -0.25) is 14.4 Å². The molecular weight excluding hydrogens is 450 g/mol. The second kappa shape index (κ2) is 13.0. The van der Waals surface area contributed by atoms with E-state index in [1.807, 2.05) is 6.92 Å². The maximum atomic E-state index is 13.2. The van der Waals surface area contributed by atoms with E-state index in [2.05, 4.69) is 4.98 Å². The summed E-state index contributed by atoms with van der Waals surface area (Å²) in [5, 5.41) is 0. The highest BCUT2D eigenvalue weighted by atomic mass is 16.6. The summed E-state index contributed by atoms with van der Waals surface area (Å²) in [6.45, 7) is 3.13. The zero-order valence-corrected chi connectivity index (χ0v) is 21.4. The number of hydrogen-bond donors (Lipinski definition) is 0. The van der Waals surface area contributed by atoms with E-state index in [9.17, 15) is 14.4 Å². The fraction of sp³-hybridized carbons (Fsp3) is 0.704. The van der Waals surface area contributed by atoms with E-state index >= 15 is 0 Å². The van der Waals surface area contributed by atoms with Crippen LogP contribution in [0, 0.1) is 17.8 Å². The molecule has 0 N–H and O–H groups in total. The highest BCUT2D eigenvalue weighted by Crippen LogP contribution is 2.37. The average molecular weight is 490 g/mol. The predicted octanol–water partition coefficient (Wildman–Crippen LogP) is 4.92. The Labute approximate surface area is 208 Å². The van der Waals surface area contributed by atoms with Crippen LogP contribution in [0.1, 0.15) is 88.5 Å². The van der Waals surface area contributed by atoms with Gasteiger partial charge in [-0.25, -0.2) is 4.98 Å². The lowest BCUT2D eigenvalue weighted by Gasteiger charge is -2.34. The first-order valence-electron chi connectivity index (χ1n) is 12.8. The number of esters is 2. The van der Waals surface area contributed by atoms with Gasteiger partial charge in [-0.2, -0.15) is 0 Å². The lowest BCUT2D eigenvalue weighted by atomic mass is 9.82. The van der Waals surface area contributed by atoms with E-state index < -0.39 is 29.7 Å². The van der Waals surface area contributed by atoms with Crippen molar-refractivity contribution >= 4 is 17.7 Å². The van der Waals surface area contributed by atoms with Crippen molar-refractivity contribution in [1.29, 1.82) is 0 Å². The minimum Gasteiger partial charge on any atom is -0.493 e. The maximum absolute atomic E-state index is 13.2. The number of ether oxygens (including phenoxy) is 4. The second-order valence-corrected chi connectivity index (χ2v) is 9.88. The molecule has 1 aromatic heterocycles. The van der Waals surface area contributed by atoms with Gasteiger partial charge in [-0.15, -0.1) is 0 Å². The van der Waals surface area contributed by atoms with Gasteiger partial charge in [-0.1, -0.05) is 38.5 Å². The van der Waals surface area contributed by atoms with Gasteiger partial charge in [0.1, 0.15) is 6.10 Å². The van der Waals surface area contributed by atoms with Crippen LogP contribution in [-0.4, -0.2) is 49.1 Å². The summed E-state index contributed by atoms with van der Waals surface area (Å²) in [6, 6.07) is 1.52. The SMILES string of the molecule is COc1ccnc(C(=O)C[C@H]2CCCC[C@H](CC3CCCC3)[C@@H](OC)[C@H](C)OC2=O)c1OC(C)=O. The molecule has 2 heterocycles. The molecule has 1 aromatic rings. The molecule has 194 valence electrons. The number of ketones is 1. The van der Waals surface area contributed by atoms with Crippen LogP contribution in [0.5, 0.6) is 11.5 Å². The molecule has 2 fully saturated rings. The standard InChI is InChI=1S/C27H39NO7/c1-17-25(33-4)20(15-19-9-5-6-10-19)11-7-8-12-21(27(31)34-17)16-22(30)24-26(35-18(2)29)23(32-3)13-14-28-24/h13-14,17,19-21,25H,5-12,15-16H2,1-4H3/t17-,20+,21+,25-/m0/s1. The van der Waals surface area contributed by atoms with Gasteiger partial charge >= 0.3 is 11.9 Å². The van der Waals surface area contributed by atoms with Crippen molar-refractivity contribution in [2.24, 2.45) is 17.8 Å². The maximum Gasteiger partial charge on any atom is 0.309 e. The average Bonchev–Trinajstić information content (AvgIpc) is 3.33. The third-order valence-electron chi connectivity index (χ3n) is 7.35. The van der Waals surface area contributed by atoms with Crippen molar-refractivity contribution in [3.8, 4) is 11.5 Å². The summed E-state index contributed by atoms with van der Waals surface area (Å²) in [7, 11) is 3.11.